The van der Waals surface area contributed by atoms with E-state index in [2.05, 4.69) is 15.6 Å². The molecule has 2 N–H and O–H groups in total. The van der Waals surface area contributed by atoms with Gasteiger partial charge in [0.05, 0.1) is 5.02 Å². The maximum atomic E-state index is 10.8. The van der Waals surface area contributed by atoms with Gasteiger partial charge in [0.15, 0.2) is 0 Å². The van der Waals surface area contributed by atoms with Crippen LogP contribution in [0.1, 0.15) is 12.5 Å². The van der Waals surface area contributed by atoms with E-state index in [9.17, 15) is 9.59 Å². The van der Waals surface area contributed by atoms with Gasteiger partial charge in [0.2, 0.25) is 18.2 Å². The fourth-order valence-corrected chi connectivity index (χ4v) is 2.02. The zero-order valence-electron chi connectivity index (χ0n) is 13.0. The van der Waals surface area contributed by atoms with Gasteiger partial charge in [-0.25, -0.2) is 4.98 Å². The second-order valence-electron chi connectivity index (χ2n) is 4.78. The highest BCUT2D eigenvalue weighted by atomic mass is 35.5. The third-order valence-electron chi connectivity index (χ3n) is 2.91. The molecule has 0 saturated carbocycles. The standard InChI is InChI=1S/C17H16ClN3O3/c1-12(23)19-8-2-3-13-4-7-17(20-10-13)24-16-6-5-14(21-11-22)9-15(16)18/h2-7,9-11H,8H2,1H3,(H,19,23)(H,21,22)/b3-2+. The summed E-state index contributed by atoms with van der Waals surface area (Å²) in [6.07, 6.45) is 5.90. The monoisotopic (exact) mass is 345 g/mol. The van der Waals surface area contributed by atoms with Crippen LogP contribution >= 0.6 is 11.6 Å². The van der Waals surface area contributed by atoms with Gasteiger partial charge in [0, 0.05) is 31.4 Å². The Bertz CT molecular complexity index is 745. The smallest absolute Gasteiger partial charge is 0.219 e. The lowest BCUT2D eigenvalue weighted by molar-refractivity contribution is -0.118. The summed E-state index contributed by atoms with van der Waals surface area (Å²) in [5, 5.41) is 5.54. The number of nitrogens with one attached hydrogen (secondary N) is 2. The summed E-state index contributed by atoms with van der Waals surface area (Å²) in [6, 6.07) is 8.46. The molecule has 124 valence electrons. The zero-order valence-corrected chi connectivity index (χ0v) is 13.7. The predicted molar refractivity (Wildman–Crippen MR) is 93.2 cm³/mol. The third kappa shape index (κ3) is 5.40. The molecule has 0 spiro atoms. The number of rotatable bonds is 7. The molecule has 0 atom stereocenters. The number of hydrogen-bond acceptors (Lipinski definition) is 4. The molecule has 0 aliphatic carbocycles. The fourth-order valence-electron chi connectivity index (χ4n) is 1.80. The molecule has 24 heavy (non-hydrogen) atoms. The molecule has 2 aromatic rings. The first-order chi connectivity index (χ1) is 11.6. The highest BCUT2D eigenvalue weighted by Crippen LogP contribution is 2.30. The van der Waals surface area contributed by atoms with Crippen LogP contribution in [-0.2, 0) is 9.59 Å². The highest BCUT2D eigenvalue weighted by molar-refractivity contribution is 6.32. The number of aromatic nitrogens is 1. The Labute approximate surface area is 144 Å². The molecule has 7 heteroatoms. The summed E-state index contributed by atoms with van der Waals surface area (Å²) in [7, 11) is 0. The van der Waals surface area contributed by atoms with Gasteiger partial charge < -0.3 is 15.4 Å². The lowest BCUT2D eigenvalue weighted by Crippen LogP contribution is -2.19. The molecule has 0 fully saturated rings. The Kier molecular flexibility index (Phi) is 6.33. The van der Waals surface area contributed by atoms with Crippen molar-refractivity contribution in [3.05, 3.63) is 53.2 Å². The van der Waals surface area contributed by atoms with E-state index in [1.54, 1.807) is 30.5 Å². The molecule has 1 heterocycles. The SMILES string of the molecule is CC(=O)NC/C=C/c1ccc(Oc2ccc(NC=O)cc2Cl)nc1. The second-order valence-corrected chi connectivity index (χ2v) is 5.19. The minimum atomic E-state index is -0.0761. The Hall–Kier alpha value is -2.86. The minimum absolute atomic E-state index is 0.0761. The average molecular weight is 346 g/mol. The first-order valence-electron chi connectivity index (χ1n) is 7.13. The average Bonchev–Trinajstić information content (AvgIpc) is 2.56. The molecule has 0 unspecified atom stereocenters. The van der Waals surface area contributed by atoms with E-state index >= 15 is 0 Å². The first kappa shape index (κ1) is 17.5. The van der Waals surface area contributed by atoms with Crippen molar-refractivity contribution in [2.45, 2.75) is 6.92 Å². The van der Waals surface area contributed by atoms with Crippen LogP contribution in [0.5, 0.6) is 11.6 Å². The van der Waals surface area contributed by atoms with E-state index in [0.717, 1.165) is 5.56 Å². The van der Waals surface area contributed by atoms with Crippen LogP contribution in [0.3, 0.4) is 0 Å². The first-order valence-corrected chi connectivity index (χ1v) is 7.51. The molecule has 2 rings (SSSR count). The molecule has 0 saturated heterocycles. The summed E-state index contributed by atoms with van der Waals surface area (Å²) < 4.78 is 5.61. The van der Waals surface area contributed by atoms with Gasteiger partial charge in [-0.15, -0.1) is 0 Å². The van der Waals surface area contributed by atoms with E-state index < -0.39 is 0 Å². The second kappa shape index (κ2) is 8.69. The number of anilines is 1. The lowest BCUT2D eigenvalue weighted by Gasteiger charge is -2.08. The maximum absolute atomic E-state index is 10.8. The van der Waals surface area contributed by atoms with Gasteiger partial charge >= 0.3 is 0 Å². The van der Waals surface area contributed by atoms with Crippen molar-refractivity contribution in [3.8, 4) is 11.6 Å². The molecule has 0 aliphatic heterocycles. The van der Waals surface area contributed by atoms with Crippen LogP contribution < -0.4 is 15.4 Å². The van der Waals surface area contributed by atoms with Gasteiger partial charge in [-0.1, -0.05) is 23.8 Å². The van der Waals surface area contributed by atoms with Crippen LogP contribution in [0.25, 0.3) is 6.08 Å². The molecule has 6 nitrogen and oxygen atoms in total. The van der Waals surface area contributed by atoms with Gasteiger partial charge in [0.1, 0.15) is 5.75 Å². The van der Waals surface area contributed by atoms with E-state index in [1.165, 1.54) is 6.92 Å². The van der Waals surface area contributed by atoms with Crippen molar-refractivity contribution < 1.29 is 14.3 Å². The molecular weight excluding hydrogens is 330 g/mol. The minimum Gasteiger partial charge on any atom is -0.437 e. The number of halogens is 1. The molecule has 0 radical (unpaired) electrons. The molecule has 2 amide bonds. The zero-order chi connectivity index (χ0) is 17.4. The number of amides is 2. The lowest BCUT2D eigenvalue weighted by atomic mass is 10.2. The van der Waals surface area contributed by atoms with Crippen molar-refractivity contribution in [1.82, 2.24) is 10.3 Å². The normalized spacial score (nSPS) is 10.4. The number of ether oxygens (including phenoxy) is 1. The van der Waals surface area contributed by atoms with Gasteiger partial charge in [0.25, 0.3) is 0 Å². The quantitative estimate of drug-likeness (QED) is 0.755. The van der Waals surface area contributed by atoms with Crippen LogP contribution in [0.2, 0.25) is 5.02 Å². The predicted octanol–water partition coefficient (Wildman–Crippen LogP) is 3.24. The number of nitrogens with zero attached hydrogens (tertiary/aromatic N) is 1. The molecule has 1 aromatic heterocycles. The maximum Gasteiger partial charge on any atom is 0.219 e. The summed E-state index contributed by atoms with van der Waals surface area (Å²) in [5.41, 5.74) is 1.46. The fraction of sp³-hybridized carbons (Fsp3) is 0.118. The topological polar surface area (TPSA) is 80.3 Å². The summed E-state index contributed by atoms with van der Waals surface area (Å²) in [6.45, 7) is 1.93. The number of carbonyl (C=O) groups excluding carboxylic acids is 2. The summed E-state index contributed by atoms with van der Waals surface area (Å²) >= 11 is 6.10. The van der Waals surface area contributed by atoms with Crippen LogP contribution in [0.4, 0.5) is 5.69 Å². The van der Waals surface area contributed by atoms with Gasteiger partial charge in [-0.3, -0.25) is 9.59 Å². The number of hydrogen-bond donors (Lipinski definition) is 2. The van der Waals surface area contributed by atoms with Crippen molar-refractivity contribution >= 4 is 35.7 Å². The third-order valence-corrected chi connectivity index (χ3v) is 3.21. The van der Waals surface area contributed by atoms with Crippen LogP contribution in [0.15, 0.2) is 42.6 Å². The Balaban J connectivity index is 1.98. The van der Waals surface area contributed by atoms with E-state index in [0.29, 0.717) is 35.3 Å². The molecule has 0 bridgehead atoms. The van der Waals surface area contributed by atoms with Crippen molar-refractivity contribution in [2.24, 2.45) is 0 Å². The van der Waals surface area contributed by atoms with Crippen LogP contribution in [0, 0.1) is 0 Å². The highest BCUT2D eigenvalue weighted by Gasteiger charge is 2.05. The Morgan fingerprint density at radius 1 is 1.33 bits per heavy atom. The molecule has 1 aromatic carbocycles. The number of carbonyl (C=O) groups is 2. The molecular formula is C17H16ClN3O3. The van der Waals surface area contributed by atoms with Gasteiger partial charge in [-0.05, 0) is 29.8 Å². The van der Waals surface area contributed by atoms with Gasteiger partial charge in [-0.2, -0.15) is 0 Å². The van der Waals surface area contributed by atoms with E-state index in [1.807, 2.05) is 18.2 Å². The Morgan fingerprint density at radius 3 is 2.79 bits per heavy atom. The van der Waals surface area contributed by atoms with Crippen molar-refractivity contribution in [3.63, 3.8) is 0 Å². The summed E-state index contributed by atoms with van der Waals surface area (Å²) in [4.78, 5) is 25.3. The van der Waals surface area contributed by atoms with E-state index in [-0.39, 0.29) is 5.91 Å². The Morgan fingerprint density at radius 2 is 2.17 bits per heavy atom. The number of pyridine rings is 1. The van der Waals surface area contributed by atoms with Crippen molar-refractivity contribution in [2.75, 3.05) is 11.9 Å². The van der Waals surface area contributed by atoms with E-state index in [4.69, 9.17) is 16.3 Å². The number of benzene rings is 1. The summed E-state index contributed by atoms with van der Waals surface area (Å²) in [5.74, 6) is 0.759. The largest absolute Gasteiger partial charge is 0.437 e. The molecule has 0 aliphatic rings. The van der Waals surface area contributed by atoms with Crippen molar-refractivity contribution in [1.29, 1.82) is 0 Å². The van der Waals surface area contributed by atoms with Crippen LogP contribution in [-0.4, -0.2) is 23.8 Å².